The van der Waals surface area contributed by atoms with E-state index in [1.54, 1.807) is 0 Å². The fraction of sp³-hybridized carbons (Fsp3) is 0.706. The van der Waals surface area contributed by atoms with Gasteiger partial charge in [-0.15, -0.1) is 0 Å². The van der Waals surface area contributed by atoms with E-state index >= 15 is 0 Å². The minimum Gasteiger partial charge on any atom is -0.313 e. The molecule has 0 amide bonds. The first-order valence-corrected chi connectivity index (χ1v) is 8.13. The van der Waals surface area contributed by atoms with Gasteiger partial charge in [0.1, 0.15) is 0 Å². The minimum atomic E-state index is 0.671. The van der Waals surface area contributed by atoms with Crippen LogP contribution in [0.5, 0.6) is 0 Å². The van der Waals surface area contributed by atoms with Gasteiger partial charge in [-0.2, -0.15) is 0 Å². The van der Waals surface area contributed by atoms with Crippen molar-refractivity contribution in [3.63, 3.8) is 0 Å². The van der Waals surface area contributed by atoms with Gasteiger partial charge in [-0.3, -0.25) is 4.98 Å². The largest absolute Gasteiger partial charge is 0.313 e. The monoisotopic (exact) mass is 275 g/mol. The van der Waals surface area contributed by atoms with Crippen LogP contribution in [0.2, 0.25) is 0 Å². The molecule has 1 fully saturated rings. The van der Waals surface area contributed by atoms with Gasteiger partial charge in [0.2, 0.25) is 0 Å². The van der Waals surface area contributed by atoms with E-state index in [-0.39, 0.29) is 0 Å². The Morgan fingerprint density at radius 3 is 2.70 bits per heavy atom. The minimum absolute atomic E-state index is 0.671. The van der Waals surface area contributed by atoms with E-state index in [1.807, 2.05) is 12.4 Å². The number of pyridine rings is 1. The van der Waals surface area contributed by atoms with Crippen molar-refractivity contribution in [1.29, 1.82) is 0 Å². The topological polar surface area (TPSA) is 28.2 Å². The molecule has 1 aliphatic carbocycles. The predicted molar refractivity (Wildman–Crippen MR) is 84.9 cm³/mol. The molecule has 112 valence electrons. The molecule has 2 atom stereocenters. The lowest BCUT2D eigenvalue weighted by molar-refractivity contribution is 0.184. The van der Waals surface area contributed by atoms with Crippen LogP contribution in [0.1, 0.15) is 44.6 Å². The third-order valence-corrected chi connectivity index (χ3v) is 4.51. The van der Waals surface area contributed by atoms with Crippen LogP contribution < -0.4 is 5.32 Å². The maximum Gasteiger partial charge on any atom is 0.0270 e. The van der Waals surface area contributed by atoms with Crippen molar-refractivity contribution >= 4 is 0 Å². The smallest absolute Gasteiger partial charge is 0.0270 e. The number of rotatable bonds is 6. The van der Waals surface area contributed by atoms with E-state index in [9.17, 15) is 0 Å². The molecule has 0 radical (unpaired) electrons. The first-order chi connectivity index (χ1) is 9.81. The zero-order valence-electron chi connectivity index (χ0n) is 13.0. The summed E-state index contributed by atoms with van der Waals surface area (Å²) in [6, 6.07) is 5.62. The van der Waals surface area contributed by atoms with Crippen molar-refractivity contribution in [2.24, 2.45) is 0 Å². The Morgan fingerprint density at radius 2 is 1.95 bits per heavy atom. The van der Waals surface area contributed by atoms with Crippen LogP contribution >= 0.6 is 0 Å². The second kappa shape index (κ2) is 8.38. The highest BCUT2D eigenvalue weighted by molar-refractivity contribution is 5.10. The van der Waals surface area contributed by atoms with E-state index in [1.165, 1.54) is 37.7 Å². The third-order valence-electron chi connectivity index (χ3n) is 4.51. The Bertz CT molecular complexity index is 366. The molecule has 20 heavy (non-hydrogen) atoms. The molecule has 1 aromatic heterocycles. The number of hydrogen-bond donors (Lipinski definition) is 1. The summed E-state index contributed by atoms with van der Waals surface area (Å²) in [5.74, 6) is 0. The summed E-state index contributed by atoms with van der Waals surface area (Å²) in [6.07, 6.45) is 11.7. The average Bonchev–Trinajstić information content (AvgIpc) is 2.72. The summed E-state index contributed by atoms with van der Waals surface area (Å²) in [7, 11) is 2.29. The van der Waals surface area contributed by atoms with E-state index in [4.69, 9.17) is 0 Å². The molecule has 2 unspecified atom stereocenters. The molecule has 0 bridgehead atoms. The molecule has 2 rings (SSSR count). The van der Waals surface area contributed by atoms with Crippen LogP contribution in [0.25, 0.3) is 0 Å². The van der Waals surface area contributed by atoms with Crippen molar-refractivity contribution in [3.8, 4) is 0 Å². The summed E-state index contributed by atoms with van der Waals surface area (Å²) in [6.45, 7) is 4.44. The number of nitrogens with zero attached hydrogens (tertiary/aromatic N) is 2. The average molecular weight is 275 g/mol. The van der Waals surface area contributed by atoms with Crippen molar-refractivity contribution in [1.82, 2.24) is 15.2 Å². The highest BCUT2D eigenvalue weighted by Gasteiger charge is 2.25. The lowest BCUT2D eigenvalue weighted by Gasteiger charge is -2.34. The molecular formula is C17H29N3. The van der Waals surface area contributed by atoms with Crippen LogP contribution in [-0.4, -0.2) is 42.1 Å². The normalized spacial score (nSPS) is 23.8. The van der Waals surface area contributed by atoms with Crippen LogP contribution in [-0.2, 0) is 6.42 Å². The van der Waals surface area contributed by atoms with Gasteiger partial charge in [-0.25, -0.2) is 0 Å². The second-order valence-corrected chi connectivity index (χ2v) is 5.96. The molecule has 1 heterocycles. The van der Waals surface area contributed by atoms with E-state index in [0.717, 1.165) is 19.5 Å². The molecule has 0 aliphatic heterocycles. The zero-order valence-corrected chi connectivity index (χ0v) is 13.0. The number of nitrogens with one attached hydrogen (secondary N) is 1. The summed E-state index contributed by atoms with van der Waals surface area (Å²) in [4.78, 5) is 6.66. The molecule has 1 aromatic rings. The quantitative estimate of drug-likeness (QED) is 0.809. The van der Waals surface area contributed by atoms with Gasteiger partial charge in [0.05, 0.1) is 0 Å². The van der Waals surface area contributed by atoms with Gasteiger partial charge in [0, 0.05) is 31.0 Å². The molecule has 1 saturated carbocycles. The van der Waals surface area contributed by atoms with Crippen LogP contribution in [0.15, 0.2) is 24.5 Å². The van der Waals surface area contributed by atoms with Crippen LogP contribution in [0, 0.1) is 0 Å². The molecule has 3 nitrogen and oxygen atoms in total. The fourth-order valence-corrected chi connectivity index (χ4v) is 3.34. The first kappa shape index (κ1) is 15.5. The van der Waals surface area contributed by atoms with E-state index in [2.05, 4.69) is 41.3 Å². The van der Waals surface area contributed by atoms with E-state index in [0.29, 0.717) is 12.1 Å². The zero-order chi connectivity index (χ0) is 14.2. The maximum absolute atomic E-state index is 4.09. The molecule has 0 saturated heterocycles. The Morgan fingerprint density at radius 1 is 1.20 bits per heavy atom. The highest BCUT2D eigenvalue weighted by Crippen LogP contribution is 2.22. The first-order valence-electron chi connectivity index (χ1n) is 8.13. The summed E-state index contributed by atoms with van der Waals surface area (Å²) in [5, 5.41) is 3.70. The number of aromatic nitrogens is 1. The van der Waals surface area contributed by atoms with Gasteiger partial charge in [-0.1, -0.05) is 26.2 Å². The Balaban J connectivity index is 1.89. The molecule has 3 heteroatoms. The summed E-state index contributed by atoms with van der Waals surface area (Å²) in [5.41, 5.74) is 1.39. The molecule has 1 aliphatic rings. The van der Waals surface area contributed by atoms with Gasteiger partial charge in [0.15, 0.2) is 0 Å². The molecule has 0 spiro atoms. The van der Waals surface area contributed by atoms with E-state index < -0.39 is 0 Å². The number of hydrogen-bond acceptors (Lipinski definition) is 3. The van der Waals surface area contributed by atoms with Gasteiger partial charge < -0.3 is 10.2 Å². The Kier molecular flexibility index (Phi) is 6.48. The SMILES string of the molecule is CCNC1CCCCCC1N(C)CCc1ccncc1. The van der Waals surface area contributed by atoms with Crippen LogP contribution in [0.3, 0.4) is 0 Å². The molecule has 1 N–H and O–H groups in total. The maximum atomic E-state index is 4.09. The van der Waals surface area contributed by atoms with Crippen molar-refractivity contribution in [2.75, 3.05) is 20.1 Å². The van der Waals surface area contributed by atoms with Gasteiger partial charge in [-0.05, 0) is 50.6 Å². The Hall–Kier alpha value is -0.930. The summed E-state index contributed by atoms with van der Waals surface area (Å²) >= 11 is 0. The molecule has 0 aromatic carbocycles. The van der Waals surface area contributed by atoms with Crippen LogP contribution in [0.4, 0.5) is 0 Å². The third kappa shape index (κ3) is 4.57. The van der Waals surface area contributed by atoms with Gasteiger partial charge in [0.25, 0.3) is 0 Å². The Labute approximate surface area is 123 Å². The predicted octanol–water partition coefficient (Wildman–Crippen LogP) is 2.87. The highest BCUT2D eigenvalue weighted by atomic mass is 15.2. The lowest BCUT2D eigenvalue weighted by atomic mass is 10.0. The van der Waals surface area contributed by atoms with Crippen molar-refractivity contribution in [3.05, 3.63) is 30.1 Å². The van der Waals surface area contributed by atoms with Gasteiger partial charge >= 0.3 is 0 Å². The summed E-state index contributed by atoms with van der Waals surface area (Å²) < 4.78 is 0. The standard InChI is InChI=1S/C17H29N3/c1-3-19-16-7-5-4-6-8-17(16)20(2)14-11-15-9-12-18-13-10-15/h9-10,12-13,16-17,19H,3-8,11,14H2,1-2H3. The number of likely N-dealkylation sites (N-methyl/N-ethyl adjacent to an activating group) is 2. The fourth-order valence-electron chi connectivity index (χ4n) is 3.34. The lowest BCUT2D eigenvalue weighted by Crippen LogP contribution is -2.48. The molecular weight excluding hydrogens is 246 g/mol. The van der Waals surface area contributed by atoms with Crippen molar-refractivity contribution < 1.29 is 0 Å². The van der Waals surface area contributed by atoms with Crippen molar-refractivity contribution in [2.45, 2.75) is 57.5 Å². The second-order valence-electron chi connectivity index (χ2n) is 5.96.